The van der Waals surface area contributed by atoms with Crippen molar-refractivity contribution in [2.75, 3.05) is 0 Å². The third kappa shape index (κ3) is 3.04. The monoisotopic (exact) mass is 318 g/mol. The van der Waals surface area contributed by atoms with Crippen LogP contribution in [0, 0.1) is 5.82 Å². The Kier molecular flexibility index (Phi) is 3.86. The highest BCUT2D eigenvalue weighted by molar-refractivity contribution is 6.33. The third-order valence-electron chi connectivity index (χ3n) is 2.93. The van der Waals surface area contributed by atoms with Crippen LogP contribution in [0.5, 0.6) is 0 Å². The van der Waals surface area contributed by atoms with Crippen molar-refractivity contribution in [3.8, 4) is 22.6 Å². The fraction of sp³-hybridized carbons (Fsp3) is 0. The number of halogens is 3. The quantitative estimate of drug-likeness (QED) is 0.602. The Labute approximate surface area is 131 Å². The lowest BCUT2D eigenvalue weighted by molar-refractivity contribution is 0.628. The molecule has 0 saturated carbocycles. The fourth-order valence-electron chi connectivity index (χ4n) is 1.97. The lowest BCUT2D eigenvalue weighted by atomic mass is 10.1. The van der Waals surface area contributed by atoms with Crippen molar-refractivity contribution >= 4 is 23.2 Å². The Morgan fingerprint density at radius 3 is 2.38 bits per heavy atom. The van der Waals surface area contributed by atoms with Crippen molar-refractivity contribution in [3.05, 3.63) is 70.6 Å². The first kappa shape index (κ1) is 14.0. The summed E-state index contributed by atoms with van der Waals surface area (Å²) < 4.78 is 13.4. The van der Waals surface area contributed by atoms with E-state index in [1.807, 2.05) is 30.3 Å². The molecule has 104 valence electrons. The molecule has 0 aliphatic rings. The Morgan fingerprint density at radius 1 is 0.857 bits per heavy atom. The van der Waals surface area contributed by atoms with E-state index in [4.69, 9.17) is 23.2 Å². The first-order valence-electron chi connectivity index (χ1n) is 6.19. The second-order valence-corrected chi connectivity index (χ2v) is 5.18. The Balaban J connectivity index is 2.16. The van der Waals surface area contributed by atoms with Crippen LogP contribution >= 0.6 is 23.2 Å². The van der Waals surface area contributed by atoms with E-state index in [1.165, 1.54) is 18.2 Å². The van der Waals surface area contributed by atoms with Gasteiger partial charge in [0.25, 0.3) is 0 Å². The van der Waals surface area contributed by atoms with Gasteiger partial charge in [-0.15, -0.1) is 0 Å². The van der Waals surface area contributed by atoms with E-state index < -0.39 is 0 Å². The zero-order chi connectivity index (χ0) is 14.8. The van der Waals surface area contributed by atoms with E-state index in [0.29, 0.717) is 22.1 Å². The molecule has 2 nitrogen and oxygen atoms in total. The molecular formula is C16H9Cl2FN2. The minimum Gasteiger partial charge on any atom is -0.228 e. The second-order valence-electron chi connectivity index (χ2n) is 4.39. The molecule has 0 aliphatic carbocycles. The van der Waals surface area contributed by atoms with Crippen LogP contribution in [-0.4, -0.2) is 9.97 Å². The van der Waals surface area contributed by atoms with Gasteiger partial charge in [-0.3, -0.25) is 0 Å². The zero-order valence-electron chi connectivity index (χ0n) is 10.7. The van der Waals surface area contributed by atoms with E-state index >= 15 is 0 Å². The summed E-state index contributed by atoms with van der Waals surface area (Å²) in [6.45, 7) is 0. The van der Waals surface area contributed by atoms with Gasteiger partial charge in [0, 0.05) is 17.2 Å². The van der Waals surface area contributed by atoms with E-state index in [0.717, 1.165) is 5.56 Å². The minimum atomic E-state index is -0.384. The summed E-state index contributed by atoms with van der Waals surface area (Å²) in [7, 11) is 0. The molecule has 5 heteroatoms. The van der Waals surface area contributed by atoms with Crippen molar-refractivity contribution in [2.24, 2.45) is 0 Å². The topological polar surface area (TPSA) is 25.8 Å². The first-order valence-corrected chi connectivity index (χ1v) is 6.94. The highest BCUT2D eigenvalue weighted by Gasteiger charge is 2.11. The van der Waals surface area contributed by atoms with E-state index in [1.54, 1.807) is 6.07 Å². The van der Waals surface area contributed by atoms with Gasteiger partial charge in [-0.2, -0.15) is 0 Å². The molecule has 0 saturated heterocycles. The molecule has 21 heavy (non-hydrogen) atoms. The summed E-state index contributed by atoms with van der Waals surface area (Å²) in [5, 5.41) is 0.685. The molecule has 0 fully saturated rings. The van der Waals surface area contributed by atoms with E-state index in [9.17, 15) is 4.39 Å². The van der Waals surface area contributed by atoms with Gasteiger partial charge in [0.2, 0.25) is 0 Å². The number of benzene rings is 2. The number of hydrogen-bond acceptors (Lipinski definition) is 2. The molecule has 3 aromatic rings. The summed E-state index contributed by atoms with van der Waals surface area (Å²) in [6, 6.07) is 15.1. The largest absolute Gasteiger partial charge is 0.228 e. The molecule has 0 unspecified atom stereocenters. The molecule has 0 amide bonds. The summed E-state index contributed by atoms with van der Waals surface area (Å²) in [4.78, 5) is 8.63. The van der Waals surface area contributed by atoms with Crippen LogP contribution in [0.4, 0.5) is 4.39 Å². The number of aromatic nitrogens is 2. The molecule has 0 aliphatic heterocycles. The van der Waals surface area contributed by atoms with Gasteiger partial charge < -0.3 is 0 Å². The second kappa shape index (κ2) is 5.80. The lowest BCUT2D eigenvalue weighted by Gasteiger charge is -2.07. The smallest absolute Gasteiger partial charge is 0.161 e. The van der Waals surface area contributed by atoms with Crippen molar-refractivity contribution < 1.29 is 4.39 Å². The molecule has 0 radical (unpaired) electrons. The normalized spacial score (nSPS) is 10.6. The molecule has 3 rings (SSSR count). The zero-order valence-corrected chi connectivity index (χ0v) is 12.2. The Hall–Kier alpha value is -1.97. The summed E-state index contributed by atoms with van der Waals surface area (Å²) in [5.74, 6) is 0.0869. The molecule has 1 heterocycles. The van der Waals surface area contributed by atoms with Crippen molar-refractivity contribution in [2.45, 2.75) is 0 Å². The highest BCUT2D eigenvalue weighted by atomic mass is 35.5. The van der Waals surface area contributed by atoms with Gasteiger partial charge in [0.1, 0.15) is 11.0 Å². The van der Waals surface area contributed by atoms with Gasteiger partial charge in [-0.25, -0.2) is 14.4 Å². The molecule has 0 spiro atoms. The van der Waals surface area contributed by atoms with Crippen molar-refractivity contribution in [1.29, 1.82) is 0 Å². The van der Waals surface area contributed by atoms with Crippen LogP contribution in [0.1, 0.15) is 0 Å². The maximum atomic E-state index is 13.4. The molecule has 0 N–H and O–H groups in total. The van der Waals surface area contributed by atoms with Crippen molar-refractivity contribution in [1.82, 2.24) is 9.97 Å². The summed E-state index contributed by atoms with van der Waals surface area (Å²) in [5.41, 5.74) is 1.80. The third-order valence-corrected chi connectivity index (χ3v) is 3.45. The maximum absolute atomic E-state index is 13.4. The number of rotatable bonds is 2. The average Bonchev–Trinajstić information content (AvgIpc) is 2.50. The average molecular weight is 319 g/mol. The lowest BCUT2D eigenvalue weighted by Crippen LogP contribution is -1.94. The molecule has 0 atom stereocenters. The molecule has 1 aromatic heterocycles. The molecule has 2 aromatic carbocycles. The van der Waals surface area contributed by atoms with Crippen molar-refractivity contribution in [3.63, 3.8) is 0 Å². The van der Waals surface area contributed by atoms with Crippen LogP contribution in [0.25, 0.3) is 22.6 Å². The first-order chi connectivity index (χ1) is 10.1. The standard InChI is InChI=1S/C16H9Cl2FN2/c17-13-7-6-11(19)8-12(13)14-9-15(18)21-16(20-14)10-4-2-1-3-5-10/h1-9H. The van der Waals surface area contributed by atoms with E-state index in [2.05, 4.69) is 9.97 Å². The van der Waals surface area contributed by atoms with Crippen LogP contribution in [-0.2, 0) is 0 Å². The number of nitrogens with zero attached hydrogens (tertiary/aromatic N) is 2. The van der Waals surface area contributed by atoms with Gasteiger partial charge in [-0.1, -0.05) is 53.5 Å². The molecular weight excluding hydrogens is 310 g/mol. The fourth-order valence-corrected chi connectivity index (χ4v) is 2.36. The Bertz CT molecular complexity index is 792. The van der Waals surface area contributed by atoms with Gasteiger partial charge in [0.15, 0.2) is 5.82 Å². The van der Waals surface area contributed by atoms with Crippen LogP contribution < -0.4 is 0 Å². The van der Waals surface area contributed by atoms with Gasteiger partial charge >= 0.3 is 0 Å². The highest BCUT2D eigenvalue weighted by Crippen LogP contribution is 2.30. The van der Waals surface area contributed by atoms with Crippen LogP contribution in [0.2, 0.25) is 10.2 Å². The maximum Gasteiger partial charge on any atom is 0.161 e. The van der Waals surface area contributed by atoms with Gasteiger partial charge in [-0.05, 0) is 18.2 Å². The summed E-state index contributed by atoms with van der Waals surface area (Å²) >= 11 is 12.2. The van der Waals surface area contributed by atoms with E-state index in [-0.39, 0.29) is 11.0 Å². The SMILES string of the molecule is Fc1ccc(Cl)c(-c2cc(Cl)nc(-c3ccccc3)n2)c1. The van der Waals surface area contributed by atoms with Gasteiger partial charge in [0.05, 0.1) is 10.7 Å². The van der Waals surface area contributed by atoms with Crippen LogP contribution in [0.15, 0.2) is 54.6 Å². The molecule has 0 bridgehead atoms. The predicted octanol–water partition coefficient (Wildman–Crippen LogP) is 5.26. The van der Waals surface area contributed by atoms with Crippen LogP contribution in [0.3, 0.4) is 0 Å². The summed E-state index contributed by atoms with van der Waals surface area (Å²) in [6.07, 6.45) is 0. The predicted molar refractivity (Wildman–Crippen MR) is 82.9 cm³/mol. The minimum absolute atomic E-state index is 0.277. The Morgan fingerprint density at radius 2 is 1.62 bits per heavy atom. The number of hydrogen-bond donors (Lipinski definition) is 0.